The summed E-state index contributed by atoms with van der Waals surface area (Å²) in [4.78, 5) is 3.96. The lowest BCUT2D eigenvalue weighted by molar-refractivity contribution is 0.175. The maximum absolute atomic E-state index is 14.9. The van der Waals surface area contributed by atoms with Crippen LogP contribution in [0.5, 0.6) is 0 Å². The van der Waals surface area contributed by atoms with Crippen LogP contribution >= 0.6 is 0 Å². The highest BCUT2D eigenvalue weighted by Crippen LogP contribution is 2.30. The van der Waals surface area contributed by atoms with Crippen molar-refractivity contribution < 1.29 is 4.39 Å². The number of hydrogen-bond acceptors (Lipinski definition) is 3. The smallest absolute Gasteiger partial charge is 0.152 e. The molecule has 18 heavy (non-hydrogen) atoms. The summed E-state index contributed by atoms with van der Waals surface area (Å²) in [5, 5.41) is 0. The number of alkyl halides is 1. The Morgan fingerprint density at radius 1 is 1.11 bits per heavy atom. The molecule has 0 amide bonds. The number of anilines is 1. The van der Waals surface area contributed by atoms with Crippen molar-refractivity contribution in [1.29, 1.82) is 0 Å². The highest BCUT2D eigenvalue weighted by atomic mass is 19.1. The molecule has 0 fully saturated rings. The second kappa shape index (κ2) is 5.14. The van der Waals surface area contributed by atoms with Crippen molar-refractivity contribution in [2.45, 2.75) is 12.1 Å². The number of pyridine rings is 1. The highest BCUT2D eigenvalue weighted by Gasteiger charge is 2.31. The Labute approximate surface area is 106 Å². The van der Waals surface area contributed by atoms with Crippen LogP contribution in [0.2, 0.25) is 0 Å². The first-order valence-corrected chi connectivity index (χ1v) is 5.79. The van der Waals surface area contributed by atoms with E-state index in [1.165, 1.54) is 0 Å². The molecule has 1 heterocycles. The van der Waals surface area contributed by atoms with Crippen molar-refractivity contribution in [2.24, 2.45) is 5.73 Å². The van der Waals surface area contributed by atoms with Gasteiger partial charge in [-0.25, -0.2) is 9.37 Å². The standard InChI is InChI=1S/C14H16FN3/c15-14(10-16,12-6-2-1-3-7-12)9-11-5-4-8-18-13(11)17/h1-8H,9-10,16H2,(H2,17,18). The normalized spacial score (nSPS) is 14.1. The summed E-state index contributed by atoms with van der Waals surface area (Å²) in [7, 11) is 0. The van der Waals surface area contributed by atoms with Gasteiger partial charge in [-0.3, -0.25) is 0 Å². The first kappa shape index (κ1) is 12.5. The number of aromatic nitrogens is 1. The second-order valence-electron chi connectivity index (χ2n) is 4.26. The van der Waals surface area contributed by atoms with Crippen LogP contribution in [-0.4, -0.2) is 11.5 Å². The molecule has 2 aromatic rings. The van der Waals surface area contributed by atoms with E-state index in [9.17, 15) is 4.39 Å². The van der Waals surface area contributed by atoms with E-state index in [4.69, 9.17) is 11.5 Å². The lowest BCUT2D eigenvalue weighted by Gasteiger charge is -2.24. The maximum atomic E-state index is 14.9. The molecule has 0 aliphatic carbocycles. The van der Waals surface area contributed by atoms with E-state index in [2.05, 4.69) is 4.98 Å². The molecule has 0 radical (unpaired) electrons. The summed E-state index contributed by atoms with van der Waals surface area (Å²) in [5.41, 5.74) is 11.0. The molecular weight excluding hydrogens is 229 g/mol. The van der Waals surface area contributed by atoms with Crippen molar-refractivity contribution in [3.63, 3.8) is 0 Å². The van der Waals surface area contributed by atoms with Crippen LogP contribution in [0, 0.1) is 0 Å². The quantitative estimate of drug-likeness (QED) is 0.866. The molecule has 1 aromatic carbocycles. The van der Waals surface area contributed by atoms with Gasteiger partial charge in [0.2, 0.25) is 0 Å². The van der Waals surface area contributed by atoms with E-state index in [1.54, 1.807) is 42.6 Å². The van der Waals surface area contributed by atoms with Gasteiger partial charge in [0, 0.05) is 19.2 Å². The number of nitrogens with two attached hydrogens (primary N) is 2. The maximum Gasteiger partial charge on any atom is 0.152 e. The Kier molecular flexibility index (Phi) is 3.58. The van der Waals surface area contributed by atoms with Gasteiger partial charge in [0.05, 0.1) is 0 Å². The lowest BCUT2D eigenvalue weighted by atomic mass is 9.89. The Bertz CT molecular complexity index is 515. The minimum atomic E-state index is -1.61. The molecular formula is C14H16FN3. The number of hydrogen-bond donors (Lipinski definition) is 2. The zero-order valence-corrected chi connectivity index (χ0v) is 10.0. The van der Waals surface area contributed by atoms with E-state index in [0.717, 1.165) is 0 Å². The van der Waals surface area contributed by atoms with Gasteiger partial charge in [-0.2, -0.15) is 0 Å². The van der Waals surface area contributed by atoms with Crippen molar-refractivity contribution in [3.05, 3.63) is 59.8 Å². The molecule has 0 saturated carbocycles. The minimum Gasteiger partial charge on any atom is -0.383 e. The average Bonchev–Trinajstić information content (AvgIpc) is 2.42. The zero-order chi connectivity index (χ0) is 13.0. The molecule has 1 aromatic heterocycles. The Balaban J connectivity index is 2.32. The monoisotopic (exact) mass is 245 g/mol. The van der Waals surface area contributed by atoms with E-state index in [0.29, 0.717) is 16.9 Å². The zero-order valence-electron chi connectivity index (χ0n) is 10.0. The second-order valence-corrected chi connectivity index (χ2v) is 4.26. The van der Waals surface area contributed by atoms with Crippen LogP contribution < -0.4 is 11.5 Å². The lowest BCUT2D eigenvalue weighted by Crippen LogP contribution is -2.33. The number of benzene rings is 1. The fraction of sp³-hybridized carbons (Fsp3) is 0.214. The molecule has 0 aliphatic rings. The van der Waals surface area contributed by atoms with Crippen molar-refractivity contribution >= 4 is 5.82 Å². The highest BCUT2D eigenvalue weighted by molar-refractivity contribution is 5.40. The number of nitrogen functional groups attached to an aromatic ring is 1. The van der Waals surface area contributed by atoms with Gasteiger partial charge in [-0.1, -0.05) is 36.4 Å². The molecule has 0 saturated heterocycles. The third-order valence-corrected chi connectivity index (χ3v) is 3.01. The molecule has 3 nitrogen and oxygen atoms in total. The molecule has 0 aliphatic heterocycles. The summed E-state index contributed by atoms with van der Waals surface area (Å²) in [6.07, 6.45) is 1.72. The van der Waals surface area contributed by atoms with Gasteiger partial charge in [0.1, 0.15) is 5.82 Å². The Hall–Kier alpha value is -1.94. The first-order chi connectivity index (χ1) is 8.65. The van der Waals surface area contributed by atoms with Crippen molar-refractivity contribution in [1.82, 2.24) is 4.98 Å². The van der Waals surface area contributed by atoms with Gasteiger partial charge in [-0.15, -0.1) is 0 Å². The fourth-order valence-electron chi connectivity index (χ4n) is 1.93. The topological polar surface area (TPSA) is 64.9 Å². The number of nitrogens with zero attached hydrogens (tertiary/aromatic N) is 1. The van der Waals surface area contributed by atoms with E-state index < -0.39 is 5.67 Å². The summed E-state index contributed by atoms with van der Waals surface area (Å²) >= 11 is 0. The predicted molar refractivity (Wildman–Crippen MR) is 70.6 cm³/mol. The Morgan fingerprint density at radius 2 is 1.83 bits per heavy atom. The van der Waals surface area contributed by atoms with Crippen LogP contribution in [0.25, 0.3) is 0 Å². The van der Waals surface area contributed by atoms with Crippen LogP contribution in [-0.2, 0) is 12.1 Å². The molecule has 0 bridgehead atoms. The predicted octanol–water partition coefficient (Wildman–Crippen LogP) is 2.03. The Morgan fingerprint density at radius 3 is 2.44 bits per heavy atom. The fourth-order valence-corrected chi connectivity index (χ4v) is 1.93. The molecule has 94 valence electrons. The van der Waals surface area contributed by atoms with Crippen LogP contribution in [0.15, 0.2) is 48.7 Å². The third-order valence-electron chi connectivity index (χ3n) is 3.01. The van der Waals surface area contributed by atoms with E-state index >= 15 is 0 Å². The van der Waals surface area contributed by atoms with Crippen molar-refractivity contribution in [2.75, 3.05) is 12.3 Å². The van der Waals surface area contributed by atoms with Gasteiger partial charge >= 0.3 is 0 Å². The summed E-state index contributed by atoms with van der Waals surface area (Å²) in [6, 6.07) is 12.4. The van der Waals surface area contributed by atoms with E-state index in [-0.39, 0.29) is 13.0 Å². The number of halogens is 1. The molecule has 4 N–H and O–H groups in total. The van der Waals surface area contributed by atoms with Crippen LogP contribution in [0.4, 0.5) is 10.2 Å². The molecule has 2 rings (SSSR count). The molecule has 1 unspecified atom stereocenters. The van der Waals surface area contributed by atoms with Gasteiger partial charge in [0.25, 0.3) is 0 Å². The summed E-state index contributed by atoms with van der Waals surface area (Å²) in [5.74, 6) is 0.351. The first-order valence-electron chi connectivity index (χ1n) is 5.79. The van der Waals surface area contributed by atoms with Crippen molar-refractivity contribution in [3.8, 4) is 0 Å². The summed E-state index contributed by atoms with van der Waals surface area (Å²) < 4.78 is 14.9. The largest absolute Gasteiger partial charge is 0.383 e. The minimum absolute atomic E-state index is 0.0919. The summed E-state index contributed by atoms with van der Waals surface area (Å²) in [6.45, 7) is -0.0919. The number of rotatable bonds is 4. The third kappa shape index (κ3) is 2.49. The SMILES string of the molecule is NCC(F)(Cc1cccnc1N)c1ccccc1. The average molecular weight is 245 g/mol. The molecule has 0 spiro atoms. The molecule has 1 atom stereocenters. The van der Waals surface area contributed by atoms with E-state index in [1.807, 2.05) is 6.07 Å². The van der Waals surface area contributed by atoms with Crippen LogP contribution in [0.3, 0.4) is 0 Å². The van der Waals surface area contributed by atoms with Gasteiger partial charge in [-0.05, 0) is 17.2 Å². The molecule has 4 heteroatoms. The van der Waals surface area contributed by atoms with Crippen LogP contribution in [0.1, 0.15) is 11.1 Å². The van der Waals surface area contributed by atoms with Gasteiger partial charge in [0.15, 0.2) is 5.67 Å². The van der Waals surface area contributed by atoms with Gasteiger partial charge < -0.3 is 11.5 Å².